The maximum absolute atomic E-state index is 13.5. The Morgan fingerprint density at radius 2 is 1.68 bits per heavy atom. The summed E-state index contributed by atoms with van der Waals surface area (Å²) in [5.41, 5.74) is 6.63. The Balaban J connectivity index is 2.29. The molecule has 222 valence electrons. The summed E-state index contributed by atoms with van der Waals surface area (Å²) in [6, 6.07) is 3.07. The van der Waals surface area contributed by atoms with Crippen molar-refractivity contribution in [2.75, 3.05) is 12.3 Å². The fraction of sp³-hybridized carbons (Fsp3) is 0.467. The van der Waals surface area contributed by atoms with Crippen molar-refractivity contribution in [2.45, 2.75) is 83.8 Å². The van der Waals surface area contributed by atoms with Crippen LogP contribution >= 0.6 is 0 Å². The van der Waals surface area contributed by atoms with Crippen molar-refractivity contribution in [3.8, 4) is 0 Å². The predicted octanol–water partition coefficient (Wildman–Crippen LogP) is 2.30. The van der Waals surface area contributed by atoms with Gasteiger partial charge in [0.2, 0.25) is 17.7 Å². The van der Waals surface area contributed by atoms with Gasteiger partial charge in [0.15, 0.2) is 11.6 Å². The minimum absolute atomic E-state index is 0.102. The molecule has 3 atom stereocenters. The number of benzene rings is 1. The number of ketones is 2. The van der Waals surface area contributed by atoms with Gasteiger partial charge in [-0.2, -0.15) is 0 Å². The number of nitrogens with one attached hydrogen (secondary N) is 3. The van der Waals surface area contributed by atoms with Gasteiger partial charge in [0.1, 0.15) is 12.1 Å². The Bertz CT molecular complexity index is 1190. The fourth-order valence-corrected chi connectivity index (χ4v) is 4.23. The van der Waals surface area contributed by atoms with E-state index in [0.717, 1.165) is 6.42 Å². The van der Waals surface area contributed by atoms with Crippen molar-refractivity contribution < 1.29 is 33.5 Å². The monoisotopic (exact) mass is 568 g/mol. The van der Waals surface area contributed by atoms with Gasteiger partial charge in [-0.15, -0.1) is 0 Å². The van der Waals surface area contributed by atoms with Crippen LogP contribution in [0.2, 0.25) is 0 Å². The molecule has 11 nitrogen and oxygen atoms in total. The van der Waals surface area contributed by atoms with Gasteiger partial charge in [-0.05, 0) is 31.4 Å². The van der Waals surface area contributed by atoms with Crippen LogP contribution in [-0.4, -0.2) is 60.0 Å². The normalized spacial score (nSPS) is 15.6. The topological polar surface area (TPSA) is 174 Å². The number of carbonyl (C=O) groups is 6. The number of para-hydroxylation sites is 1. The highest BCUT2D eigenvalue weighted by Gasteiger charge is 2.33. The zero-order valence-electron chi connectivity index (χ0n) is 23.9. The second-order valence-electron chi connectivity index (χ2n) is 9.83. The van der Waals surface area contributed by atoms with Crippen molar-refractivity contribution in [2.24, 2.45) is 0 Å². The first-order valence-corrected chi connectivity index (χ1v) is 13.9. The lowest BCUT2D eigenvalue weighted by molar-refractivity contribution is -0.148. The molecule has 1 aromatic carbocycles. The summed E-state index contributed by atoms with van der Waals surface area (Å²) in [5.74, 6) is -3.35. The summed E-state index contributed by atoms with van der Waals surface area (Å²) in [6.45, 7) is 5.15. The molecule has 0 saturated heterocycles. The largest absolute Gasteiger partial charge is 0.464 e. The standard InChI is InChI=1S/C30H40N4O7/c1-4-6-16-41-30(40)25(18-26(36)20-12-7-9-14-22(20)31)34-29(39)24(33-28(38)11-5-2)17-27(37)21-13-8-10-15-23(21)32-19(3)35/h7-10,12-14,23-25H,4-6,11,15-18,31H2,1-3H3,(H,32,35)(H,33,38)(H,34,39). The van der Waals surface area contributed by atoms with Gasteiger partial charge < -0.3 is 26.4 Å². The van der Waals surface area contributed by atoms with E-state index in [2.05, 4.69) is 16.0 Å². The number of rotatable bonds is 16. The van der Waals surface area contributed by atoms with E-state index in [0.29, 0.717) is 19.3 Å². The number of ether oxygens (including phenoxy) is 1. The maximum atomic E-state index is 13.5. The number of hydrogen-bond acceptors (Lipinski definition) is 8. The first-order valence-electron chi connectivity index (χ1n) is 13.9. The van der Waals surface area contributed by atoms with Crippen LogP contribution in [0.4, 0.5) is 5.69 Å². The Morgan fingerprint density at radius 1 is 0.976 bits per heavy atom. The van der Waals surface area contributed by atoms with Crippen LogP contribution < -0.4 is 21.7 Å². The quantitative estimate of drug-likeness (QED) is 0.102. The lowest BCUT2D eigenvalue weighted by Crippen LogP contribution is -2.53. The predicted molar refractivity (Wildman–Crippen MR) is 154 cm³/mol. The van der Waals surface area contributed by atoms with Crippen LogP contribution in [0.25, 0.3) is 0 Å². The van der Waals surface area contributed by atoms with Crippen LogP contribution in [0.15, 0.2) is 48.1 Å². The highest BCUT2D eigenvalue weighted by molar-refractivity contribution is 6.05. The number of nitrogens with two attached hydrogens (primary N) is 1. The van der Waals surface area contributed by atoms with Crippen molar-refractivity contribution in [1.82, 2.24) is 16.0 Å². The Labute approximate surface area is 240 Å². The Hall–Kier alpha value is -4.28. The van der Waals surface area contributed by atoms with E-state index in [1.54, 1.807) is 43.4 Å². The SMILES string of the molecule is CCCCOC(=O)C(CC(=O)c1ccccc1N)NC(=O)C(CC(=O)C1=CC=CCC1NC(C)=O)NC(=O)CCC. The van der Waals surface area contributed by atoms with Gasteiger partial charge >= 0.3 is 5.97 Å². The minimum Gasteiger partial charge on any atom is -0.464 e. The molecular formula is C30H40N4O7. The second-order valence-corrected chi connectivity index (χ2v) is 9.83. The minimum atomic E-state index is -1.38. The van der Waals surface area contributed by atoms with Crippen molar-refractivity contribution in [1.29, 1.82) is 0 Å². The number of hydrogen-bond donors (Lipinski definition) is 4. The first kappa shape index (κ1) is 32.9. The molecule has 5 N–H and O–H groups in total. The van der Waals surface area contributed by atoms with Crippen LogP contribution in [0.1, 0.15) is 76.1 Å². The molecule has 0 aromatic heterocycles. The molecule has 3 unspecified atom stereocenters. The fourth-order valence-electron chi connectivity index (χ4n) is 4.23. The lowest BCUT2D eigenvalue weighted by Gasteiger charge is -2.25. The zero-order valence-corrected chi connectivity index (χ0v) is 23.9. The lowest BCUT2D eigenvalue weighted by atomic mass is 9.91. The van der Waals surface area contributed by atoms with Crippen LogP contribution in [0, 0.1) is 0 Å². The summed E-state index contributed by atoms with van der Waals surface area (Å²) in [4.78, 5) is 76.8. The van der Waals surface area contributed by atoms with Crippen LogP contribution in [0.3, 0.4) is 0 Å². The Morgan fingerprint density at radius 3 is 2.34 bits per heavy atom. The molecule has 0 bridgehead atoms. The number of amides is 3. The molecule has 0 heterocycles. The number of anilines is 1. The molecule has 0 radical (unpaired) electrons. The average molecular weight is 569 g/mol. The van der Waals surface area contributed by atoms with Gasteiger partial charge in [0.25, 0.3) is 0 Å². The van der Waals surface area contributed by atoms with Gasteiger partial charge in [-0.1, -0.05) is 50.6 Å². The molecule has 2 rings (SSSR count). The van der Waals surface area contributed by atoms with E-state index in [4.69, 9.17) is 10.5 Å². The van der Waals surface area contributed by atoms with E-state index < -0.39 is 60.3 Å². The van der Waals surface area contributed by atoms with Gasteiger partial charge in [-0.3, -0.25) is 24.0 Å². The van der Waals surface area contributed by atoms with Crippen LogP contribution in [0.5, 0.6) is 0 Å². The maximum Gasteiger partial charge on any atom is 0.329 e. The highest BCUT2D eigenvalue weighted by Crippen LogP contribution is 2.18. The first-order chi connectivity index (χ1) is 19.6. The molecule has 3 amide bonds. The second kappa shape index (κ2) is 16.7. The average Bonchev–Trinajstić information content (AvgIpc) is 2.92. The molecule has 11 heteroatoms. The van der Waals surface area contributed by atoms with Gasteiger partial charge in [0.05, 0.1) is 12.6 Å². The van der Waals surface area contributed by atoms with Crippen molar-refractivity contribution in [3.63, 3.8) is 0 Å². The molecule has 1 aliphatic rings. The summed E-state index contributed by atoms with van der Waals surface area (Å²) in [5, 5.41) is 7.80. The number of nitrogen functional groups attached to an aromatic ring is 1. The molecule has 0 spiro atoms. The molecule has 1 aliphatic carbocycles. The van der Waals surface area contributed by atoms with Crippen LogP contribution in [-0.2, 0) is 28.7 Å². The van der Waals surface area contributed by atoms with E-state index in [9.17, 15) is 28.8 Å². The summed E-state index contributed by atoms with van der Waals surface area (Å²) in [7, 11) is 0. The molecule has 0 saturated carbocycles. The van der Waals surface area contributed by atoms with E-state index >= 15 is 0 Å². The summed E-state index contributed by atoms with van der Waals surface area (Å²) >= 11 is 0. The molecule has 0 fully saturated rings. The molecular weight excluding hydrogens is 528 g/mol. The third-order valence-corrected chi connectivity index (χ3v) is 6.37. The van der Waals surface area contributed by atoms with Crippen molar-refractivity contribution >= 4 is 40.9 Å². The molecule has 41 heavy (non-hydrogen) atoms. The summed E-state index contributed by atoms with van der Waals surface area (Å²) < 4.78 is 5.29. The third kappa shape index (κ3) is 10.7. The van der Waals surface area contributed by atoms with E-state index in [1.807, 2.05) is 6.92 Å². The van der Waals surface area contributed by atoms with E-state index in [1.165, 1.54) is 13.0 Å². The number of allylic oxidation sites excluding steroid dienone is 2. The number of Topliss-reactive ketones (excluding diaryl/α,β-unsaturated/α-hetero) is 2. The number of unbranched alkanes of at least 4 members (excludes halogenated alkanes) is 1. The Kier molecular flexibility index (Phi) is 13.4. The third-order valence-electron chi connectivity index (χ3n) is 6.37. The number of esters is 1. The van der Waals surface area contributed by atoms with E-state index in [-0.39, 0.29) is 35.8 Å². The van der Waals surface area contributed by atoms with Gasteiger partial charge in [0, 0.05) is 43.0 Å². The van der Waals surface area contributed by atoms with Gasteiger partial charge in [-0.25, -0.2) is 4.79 Å². The zero-order chi connectivity index (χ0) is 30.4. The summed E-state index contributed by atoms with van der Waals surface area (Å²) in [6.07, 6.45) is 6.56. The molecule has 1 aromatic rings. The molecule has 0 aliphatic heterocycles. The highest BCUT2D eigenvalue weighted by atomic mass is 16.5. The van der Waals surface area contributed by atoms with Crippen molar-refractivity contribution in [3.05, 3.63) is 53.6 Å². The number of carbonyl (C=O) groups excluding carboxylic acids is 6. The smallest absolute Gasteiger partial charge is 0.329 e.